The van der Waals surface area contributed by atoms with Gasteiger partial charge < -0.3 is 5.73 Å². The third-order valence-electron chi connectivity index (χ3n) is 2.01. The van der Waals surface area contributed by atoms with Crippen LogP contribution in [0.5, 0.6) is 0 Å². The monoisotopic (exact) mass is 277 g/mol. The van der Waals surface area contributed by atoms with Crippen molar-refractivity contribution in [2.24, 2.45) is 5.73 Å². The molecular formula is C9H6ClF6N. The predicted molar refractivity (Wildman–Crippen MR) is 49.4 cm³/mol. The summed E-state index contributed by atoms with van der Waals surface area (Å²) in [4.78, 5) is 0. The number of hydrogen-bond donors (Lipinski definition) is 1. The van der Waals surface area contributed by atoms with Gasteiger partial charge in [0.05, 0.1) is 5.56 Å². The summed E-state index contributed by atoms with van der Waals surface area (Å²) in [6.07, 6.45) is -9.60. The average Bonchev–Trinajstić information content (AvgIpc) is 2.14. The molecule has 0 aliphatic heterocycles. The van der Waals surface area contributed by atoms with Gasteiger partial charge >= 0.3 is 12.4 Å². The Morgan fingerprint density at radius 1 is 1.06 bits per heavy atom. The van der Waals surface area contributed by atoms with Gasteiger partial charge in [0.1, 0.15) is 6.04 Å². The van der Waals surface area contributed by atoms with Crippen LogP contribution in [0, 0.1) is 0 Å². The third-order valence-corrected chi connectivity index (χ3v) is 2.36. The fraction of sp³-hybridized carbons (Fsp3) is 0.333. The molecule has 0 aliphatic carbocycles. The Morgan fingerprint density at radius 3 is 2.00 bits per heavy atom. The van der Waals surface area contributed by atoms with E-state index >= 15 is 0 Å². The molecule has 0 bridgehead atoms. The van der Waals surface area contributed by atoms with Crippen molar-refractivity contribution in [3.8, 4) is 0 Å². The van der Waals surface area contributed by atoms with Crippen LogP contribution in [0.4, 0.5) is 26.3 Å². The minimum atomic E-state index is -4.85. The molecule has 0 fully saturated rings. The molecule has 0 saturated carbocycles. The van der Waals surface area contributed by atoms with E-state index in [1.165, 1.54) is 0 Å². The highest BCUT2D eigenvalue weighted by molar-refractivity contribution is 6.31. The van der Waals surface area contributed by atoms with Gasteiger partial charge in [0.15, 0.2) is 0 Å². The molecule has 2 N–H and O–H groups in total. The second kappa shape index (κ2) is 4.38. The van der Waals surface area contributed by atoms with Crippen molar-refractivity contribution in [1.82, 2.24) is 0 Å². The van der Waals surface area contributed by atoms with Crippen LogP contribution < -0.4 is 5.73 Å². The summed E-state index contributed by atoms with van der Waals surface area (Å²) >= 11 is 5.40. The number of hydrogen-bond acceptors (Lipinski definition) is 1. The maximum absolute atomic E-state index is 12.3. The van der Waals surface area contributed by atoms with E-state index in [0.29, 0.717) is 12.1 Å². The van der Waals surface area contributed by atoms with Crippen LogP contribution in [0.1, 0.15) is 17.2 Å². The quantitative estimate of drug-likeness (QED) is 0.774. The summed E-state index contributed by atoms with van der Waals surface area (Å²) in [5.41, 5.74) is 2.79. The van der Waals surface area contributed by atoms with Crippen molar-refractivity contribution in [3.05, 3.63) is 34.3 Å². The molecule has 0 saturated heterocycles. The molecule has 0 spiro atoms. The van der Waals surface area contributed by atoms with E-state index in [2.05, 4.69) is 0 Å². The van der Waals surface area contributed by atoms with Crippen molar-refractivity contribution in [3.63, 3.8) is 0 Å². The van der Waals surface area contributed by atoms with E-state index in [9.17, 15) is 26.3 Å². The Labute approximate surface area is 97.2 Å². The Morgan fingerprint density at radius 2 is 1.59 bits per heavy atom. The molecule has 1 aromatic carbocycles. The second-order valence-electron chi connectivity index (χ2n) is 3.25. The smallest absolute Gasteiger partial charge is 0.316 e. The van der Waals surface area contributed by atoms with Crippen LogP contribution in [-0.2, 0) is 6.18 Å². The number of alkyl halides is 6. The minimum absolute atomic E-state index is 0.306. The molecule has 0 unspecified atom stereocenters. The van der Waals surface area contributed by atoms with Gasteiger partial charge in [-0.3, -0.25) is 0 Å². The highest BCUT2D eigenvalue weighted by atomic mass is 35.5. The first kappa shape index (κ1) is 14.1. The Kier molecular flexibility index (Phi) is 3.63. The molecule has 96 valence electrons. The van der Waals surface area contributed by atoms with Gasteiger partial charge in [-0.1, -0.05) is 11.6 Å². The lowest BCUT2D eigenvalue weighted by molar-refractivity contribution is -0.150. The van der Waals surface area contributed by atoms with Crippen molar-refractivity contribution in [2.45, 2.75) is 18.4 Å². The summed E-state index contributed by atoms with van der Waals surface area (Å²) in [7, 11) is 0. The lowest BCUT2D eigenvalue weighted by Gasteiger charge is -2.18. The summed E-state index contributed by atoms with van der Waals surface area (Å²) in [6.45, 7) is 0. The standard InChI is InChI=1S/C9H6ClF6N/c10-6-2-1-4(8(11,12)13)3-5(6)7(17)9(14,15)16/h1-3,7H,17H2/t7-/m0/s1. The van der Waals surface area contributed by atoms with Crippen molar-refractivity contribution in [2.75, 3.05) is 0 Å². The number of rotatable bonds is 1. The van der Waals surface area contributed by atoms with Gasteiger partial charge in [-0.25, -0.2) is 0 Å². The lowest BCUT2D eigenvalue weighted by atomic mass is 10.0. The zero-order valence-electron chi connectivity index (χ0n) is 8.03. The van der Waals surface area contributed by atoms with Crippen molar-refractivity contribution >= 4 is 11.6 Å². The molecule has 0 aliphatic rings. The van der Waals surface area contributed by atoms with E-state index in [0.717, 1.165) is 6.07 Å². The summed E-state index contributed by atoms with van der Waals surface area (Å²) in [6, 6.07) is -0.905. The van der Waals surface area contributed by atoms with Crippen LogP contribution in [-0.4, -0.2) is 6.18 Å². The van der Waals surface area contributed by atoms with Gasteiger partial charge in [-0.15, -0.1) is 0 Å². The van der Waals surface area contributed by atoms with Gasteiger partial charge in [0.2, 0.25) is 0 Å². The largest absolute Gasteiger partial charge is 0.416 e. The third kappa shape index (κ3) is 3.26. The van der Waals surface area contributed by atoms with Crippen LogP contribution in [0.3, 0.4) is 0 Å². The van der Waals surface area contributed by atoms with Gasteiger partial charge in [0.25, 0.3) is 0 Å². The number of nitrogens with two attached hydrogens (primary N) is 1. The molecule has 8 heteroatoms. The SMILES string of the molecule is N[C@@H](c1cc(C(F)(F)F)ccc1Cl)C(F)(F)F. The summed E-state index contributed by atoms with van der Waals surface area (Å²) < 4.78 is 73.7. The number of halogens is 7. The molecule has 1 nitrogen and oxygen atoms in total. The first-order chi connectivity index (χ1) is 7.53. The average molecular weight is 278 g/mol. The maximum Gasteiger partial charge on any atom is 0.416 e. The first-order valence-corrected chi connectivity index (χ1v) is 4.60. The Bertz CT molecular complexity index is 411. The maximum atomic E-state index is 12.3. The Balaban J connectivity index is 3.25. The highest BCUT2D eigenvalue weighted by Gasteiger charge is 2.40. The Hall–Kier alpha value is -0.950. The zero-order chi connectivity index (χ0) is 13.4. The van der Waals surface area contributed by atoms with E-state index < -0.39 is 34.5 Å². The van der Waals surface area contributed by atoms with Crippen molar-refractivity contribution < 1.29 is 26.3 Å². The van der Waals surface area contributed by atoms with Crippen LogP contribution >= 0.6 is 11.6 Å². The predicted octanol–water partition coefficient (Wildman–Crippen LogP) is 3.92. The molecule has 1 aromatic rings. The van der Waals surface area contributed by atoms with E-state index in [1.807, 2.05) is 0 Å². The van der Waals surface area contributed by atoms with E-state index in [1.54, 1.807) is 0 Å². The molecule has 1 rings (SSSR count). The zero-order valence-corrected chi connectivity index (χ0v) is 8.79. The van der Waals surface area contributed by atoms with Crippen LogP contribution in [0.15, 0.2) is 18.2 Å². The molecule has 1 atom stereocenters. The minimum Gasteiger partial charge on any atom is -0.316 e. The first-order valence-electron chi connectivity index (χ1n) is 4.22. The normalized spacial score (nSPS) is 14.8. The van der Waals surface area contributed by atoms with Crippen LogP contribution in [0.25, 0.3) is 0 Å². The molecular weight excluding hydrogens is 272 g/mol. The van der Waals surface area contributed by atoms with Gasteiger partial charge in [0, 0.05) is 5.02 Å². The summed E-state index contributed by atoms with van der Waals surface area (Å²) in [5.74, 6) is 0. The highest BCUT2D eigenvalue weighted by Crippen LogP contribution is 2.38. The second-order valence-corrected chi connectivity index (χ2v) is 3.66. The fourth-order valence-corrected chi connectivity index (χ4v) is 1.37. The molecule has 0 heterocycles. The van der Waals surface area contributed by atoms with Crippen molar-refractivity contribution in [1.29, 1.82) is 0 Å². The lowest BCUT2D eigenvalue weighted by Crippen LogP contribution is -2.29. The van der Waals surface area contributed by atoms with E-state index in [-0.39, 0.29) is 0 Å². The van der Waals surface area contributed by atoms with Gasteiger partial charge in [-0.05, 0) is 23.8 Å². The molecule has 0 amide bonds. The molecule has 0 radical (unpaired) electrons. The summed E-state index contributed by atoms with van der Waals surface area (Å²) in [5, 5.41) is -0.456. The van der Waals surface area contributed by atoms with Gasteiger partial charge in [-0.2, -0.15) is 26.3 Å². The van der Waals surface area contributed by atoms with Crippen LogP contribution in [0.2, 0.25) is 5.02 Å². The molecule has 17 heavy (non-hydrogen) atoms. The van der Waals surface area contributed by atoms with E-state index in [4.69, 9.17) is 17.3 Å². The molecule has 0 aromatic heterocycles. The number of benzene rings is 1. The fourth-order valence-electron chi connectivity index (χ4n) is 1.13. The topological polar surface area (TPSA) is 26.0 Å².